The van der Waals surface area contributed by atoms with Crippen molar-refractivity contribution in [2.24, 2.45) is 0 Å². The molecular weight excluding hydrogens is 381 g/mol. The number of aliphatic hydroxyl groups excluding tert-OH is 1. The van der Waals surface area contributed by atoms with Gasteiger partial charge in [-0.15, -0.1) is 0 Å². The minimum absolute atomic E-state index is 0.276. The van der Waals surface area contributed by atoms with Crippen LogP contribution in [0, 0.1) is 5.82 Å². The van der Waals surface area contributed by atoms with Crippen LogP contribution in [-0.2, 0) is 11.2 Å². The van der Waals surface area contributed by atoms with E-state index in [9.17, 15) is 14.3 Å². The molecule has 1 aliphatic rings. The fourth-order valence-corrected chi connectivity index (χ4v) is 3.92. The molecular formula is C25H24FNO3. The zero-order valence-corrected chi connectivity index (χ0v) is 16.6. The molecule has 5 heteroatoms. The van der Waals surface area contributed by atoms with Gasteiger partial charge in [-0.25, -0.2) is 9.18 Å². The molecule has 0 unspecified atom stereocenters. The molecule has 154 valence electrons. The van der Waals surface area contributed by atoms with Crippen LogP contribution >= 0.6 is 0 Å². The molecule has 1 saturated carbocycles. The fourth-order valence-electron chi connectivity index (χ4n) is 3.92. The number of aliphatic hydroxyl groups is 1. The summed E-state index contributed by atoms with van der Waals surface area (Å²) < 4.78 is 13.6. The Kier molecular flexibility index (Phi) is 5.91. The van der Waals surface area contributed by atoms with Gasteiger partial charge in [-0.1, -0.05) is 36.4 Å². The van der Waals surface area contributed by atoms with E-state index in [0.29, 0.717) is 18.8 Å². The van der Waals surface area contributed by atoms with E-state index in [1.807, 2.05) is 24.3 Å². The first-order valence-electron chi connectivity index (χ1n) is 10.3. The second-order valence-electron chi connectivity index (χ2n) is 7.82. The first-order valence-corrected chi connectivity index (χ1v) is 10.3. The van der Waals surface area contributed by atoms with Crippen molar-refractivity contribution < 1.29 is 19.4 Å². The van der Waals surface area contributed by atoms with Crippen LogP contribution in [0.25, 0.3) is 22.0 Å². The highest BCUT2D eigenvalue weighted by molar-refractivity contribution is 5.96. The number of hydrogen-bond acceptors (Lipinski definition) is 3. The highest BCUT2D eigenvalue weighted by atomic mass is 19.1. The van der Waals surface area contributed by atoms with E-state index in [-0.39, 0.29) is 12.2 Å². The van der Waals surface area contributed by atoms with Crippen molar-refractivity contribution in [3.8, 4) is 11.1 Å². The second kappa shape index (κ2) is 8.76. The second-order valence-corrected chi connectivity index (χ2v) is 7.82. The number of aromatic nitrogens is 1. The van der Waals surface area contributed by atoms with E-state index in [1.165, 1.54) is 18.2 Å². The first kappa shape index (κ1) is 20.2. The molecule has 0 bridgehead atoms. The van der Waals surface area contributed by atoms with Gasteiger partial charge in [-0.05, 0) is 67.0 Å². The third-order valence-electron chi connectivity index (χ3n) is 5.52. The van der Waals surface area contributed by atoms with Gasteiger partial charge >= 0.3 is 5.97 Å². The molecule has 1 aromatic heterocycles. The zero-order valence-electron chi connectivity index (χ0n) is 16.6. The molecule has 2 aromatic carbocycles. The molecule has 0 amide bonds. The first-order chi connectivity index (χ1) is 14.5. The zero-order chi connectivity index (χ0) is 21.1. The van der Waals surface area contributed by atoms with Crippen LogP contribution in [0.15, 0.2) is 60.7 Å². The lowest BCUT2D eigenvalue weighted by Gasteiger charge is -2.19. The molecule has 4 rings (SSSR count). The molecule has 0 aliphatic heterocycles. The maximum absolute atomic E-state index is 13.6. The number of pyridine rings is 1. The number of para-hydroxylation sites is 1. The van der Waals surface area contributed by atoms with Gasteiger partial charge < -0.3 is 10.2 Å². The van der Waals surface area contributed by atoms with Crippen LogP contribution < -0.4 is 0 Å². The lowest BCUT2D eigenvalue weighted by atomic mass is 9.89. The molecule has 3 aromatic rings. The van der Waals surface area contributed by atoms with Gasteiger partial charge in [-0.3, -0.25) is 4.98 Å². The van der Waals surface area contributed by atoms with Gasteiger partial charge in [0.15, 0.2) is 0 Å². The molecule has 1 aliphatic carbocycles. The summed E-state index contributed by atoms with van der Waals surface area (Å²) in [4.78, 5) is 15.6. The van der Waals surface area contributed by atoms with Crippen LogP contribution in [0.5, 0.6) is 0 Å². The van der Waals surface area contributed by atoms with Gasteiger partial charge in [-0.2, -0.15) is 0 Å². The molecule has 1 atom stereocenters. The van der Waals surface area contributed by atoms with E-state index in [0.717, 1.165) is 52.2 Å². The maximum Gasteiger partial charge on any atom is 0.327 e. The van der Waals surface area contributed by atoms with Crippen molar-refractivity contribution in [1.82, 2.24) is 4.98 Å². The average Bonchev–Trinajstić information content (AvgIpc) is 3.57. The summed E-state index contributed by atoms with van der Waals surface area (Å²) in [5.74, 6) is -0.870. The average molecular weight is 405 g/mol. The van der Waals surface area contributed by atoms with Crippen LogP contribution in [-0.4, -0.2) is 27.3 Å². The number of fused-ring (bicyclic) bond motifs is 1. The quantitative estimate of drug-likeness (QED) is 0.503. The van der Waals surface area contributed by atoms with E-state index >= 15 is 0 Å². The third-order valence-corrected chi connectivity index (χ3v) is 5.52. The molecule has 0 radical (unpaired) electrons. The normalized spacial score (nSPS) is 15.0. The SMILES string of the molecule is O=C(O)/C=C\C[C@H](O)CCc1c(C2CC2)nc2ccccc2c1-c1ccc(F)cc1. The van der Waals surface area contributed by atoms with E-state index in [4.69, 9.17) is 10.1 Å². The Labute approximate surface area is 174 Å². The number of carboxylic acids is 1. The standard InChI is InChI=1S/C25H24FNO3/c26-18-12-10-16(11-13-18)24-20-5-1-2-6-22(20)27-25(17-8-9-17)21(24)15-14-19(28)4-3-7-23(29)30/h1-3,5-7,10-13,17,19,28H,4,8-9,14-15H2,(H,29,30)/b7-3-/t19-/m0/s1. The summed E-state index contributed by atoms with van der Waals surface area (Å²) in [5.41, 5.74) is 5.08. The van der Waals surface area contributed by atoms with E-state index < -0.39 is 12.1 Å². The molecule has 1 heterocycles. The van der Waals surface area contributed by atoms with Crippen molar-refractivity contribution in [3.05, 3.63) is 77.8 Å². The van der Waals surface area contributed by atoms with Crippen molar-refractivity contribution in [2.45, 2.75) is 44.1 Å². The minimum atomic E-state index is -1.02. The number of hydrogen-bond donors (Lipinski definition) is 2. The van der Waals surface area contributed by atoms with Gasteiger partial charge in [0.05, 0.1) is 11.6 Å². The predicted octanol–water partition coefficient (Wildman–Crippen LogP) is 5.24. The van der Waals surface area contributed by atoms with Crippen LogP contribution in [0.1, 0.15) is 42.9 Å². The van der Waals surface area contributed by atoms with Crippen LogP contribution in [0.3, 0.4) is 0 Å². The molecule has 1 fully saturated rings. The summed E-state index contributed by atoms with van der Waals surface area (Å²) in [6.45, 7) is 0. The molecule has 0 spiro atoms. The maximum atomic E-state index is 13.6. The van der Waals surface area contributed by atoms with Gasteiger partial charge in [0.2, 0.25) is 0 Å². The number of benzene rings is 2. The van der Waals surface area contributed by atoms with Crippen LogP contribution in [0.2, 0.25) is 0 Å². The number of carbonyl (C=O) groups is 1. The summed E-state index contributed by atoms with van der Waals surface area (Å²) in [6, 6.07) is 14.5. The lowest BCUT2D eigenvalue weighted by molar-refractivity contribution is -0.131. The topological polar surface area (TPSA) is 70.4 Å². The Balaban J connectivity index is 1.74. The highest BCUT2D eigenvalue weighted by Crippen LogP contribution is 2.45. The van der Waals surface area contributed by atoms with Gasteiger partial charge in [0, 0.05) is 23.1 Å². The van der Waals surface area contributed by atoms with Gasteiger partial charge in [0.1, 0.15) is 5.82 Å². The number of rotatable bonds is 8. The molecule has 4 nitrogen and oxygen atoms in total. The summed E-state index contributed by atoms with van der Waals surface area (Å²) >= 11 is 0. The molecule has 30 heavy (non-hydrogen) atoms. The van der Waals surface area contributed by atoms with Crippen molar-refractivity contribution in [2.75, 3.05) is 0 Å². The minimum Gasteiger partial charge on any atom is -0.478 e. The molecule has 0 saturated heterocycles. The Morgan fingerprint density at radius 1 is 1.17 bits per heavy atom. The van der Waals surface area contributed by atoms with Crippen molar-refractivity contribution >= 4 is 16.9 Å². The Hall–Kier alpha value is -3.05. The number of aliphatic carboxylic acids is 1. The number of carboxylic acid groups (broad SMARTS) is 1. The Bertz CT molecular complexity index is 1090. The number of halogens is 1. The smallest absolute Gasteiger partial charge is 0.327 e. The predicted molar refractivity (Wildman–Crippen MR) is 115 cm³/mol. The molecule has 2 N–H and O–H groups in total. The van der Waals surface area contributed by atoms with Crippen molar-refractivity contribution in [1.29, 1.82) is 0 Å². The van der Waals surface area contributed by atoms with Crippen LogP contribution in [0.4, 0.5) is 4.39 Å². The lowest BCUT2D eigenvalue weighted by Crippen LogP contribution is -2.10. The van der Waals surface area contributed by atoms with E-state index in [1.54, 1.807) is 12.1 Å². The summed E-state index contributed by atoms with van der Waals surface area (Å²) in [5, 5.41) is 20.1. The summed E-state index contributed by atoms with van der Waals surface area (Å²) in [7, 11) is 0. The van der Waals surface area contributed by atoms with E-state index in [2.05, 4.69) is 0 Å². The van der Waals surface area contributed by atoms with Crippen molar-refractivity contribution in [3.63, 3.8) is 0 Å². The monoisotopic (exact) mass is 405 g/mol. The summed E-state index contributed by atoms with van der Waals surface area (Å²) in [6.07, 6.45) is 5.51. The fraction of sp³-hybridized carbons (Fsp3) is 0.280. The Morgan fingerprint density at radius 2 is 1.90 bits per heavy atom. The third kappa shape index (κ3) is 4.57. The van der Waals surface area contributed by atoms with Gasteiger partial charge in [0.25, 0.3) is 0 Å². The Morgan fingerprint density at radius 3 is 2.60 bits per heavy atom. The largest absolute Gasteiger partial charge is 0.478 e. The highest BCUT2D eigenvalue weighted by Gasteiger charge is 2.30. The number of nitrogens with zero attached hydrogens (tertiary/aromatic N) is 1.